The van der Waals surface area contributed by atoms with Gasteiger partial charge in [0, 0.05) is 18.7 Å². The lowest BCUT2D eigenvalue weighted by molar-refractivity contribution is -0.145. The molecule has 0 bridgehead atoms. The molecule has 0 aromatic heterocycles. The zero-order valence-electron chi connectivity index (χ0n) is 14.2. The summed E-state index contributed by atoms with van der Waals surface area (Å²) >= 11 is 5.83. The first-order valence-electron chi connectivity index (χ1n) is 8.24. The van der Waals surface area contributed by atoms with Crippen LogP contribution >= 0.6 is 11.6 Å². The topological polar surface area (TPSA) is 55.8 Å². The Labute approximate surface area is 159 Å². The molecule has 0 unspecified atom stereocenters. The molecule has 27 heavy (non-hydrogen) atoms. The summed E-state index contributed by atoms with van der Waals surface area (Å²) < 4.78 is 37.3. The van der Waals surface area contributed by atoms with Crippen LogP contribution in [-0.4, -0.2) is 43.1 Å². The fourth-order valence-electron chi connectivity index (χ4n) is 2.69. The molecule has 8 heteroatoms. The molecule has 2 aromatic rings. The van der Waals surface area contributed by atoms with Crippen LogP contribution in [0.4, 0.5) is 8.78 Å². The van der Waals surface area contributed by atoms with Crippen molar-refractivity contribution in [3.8, 4) is 0 Å². The molecule has 0 saturated carbocycles. The summed E-state index contributed by atoms with van der Waals surface area (Å²) in [4.78, 5) is 26.9. The van der Waals surface area contributed by atoms with Crippen molar-refractivity contribution in [3.05, 3.63) is 70.2 Å². The van der Waals surface area contributed by atoms with E-state index in [0.29, 0.717) is 44.0 Å². The molecule has 0 spiro atoms. The van der Waals surface area contributed by atoms with Gasteiger partial charge in [0.1, 0.15) is 0 Å². The zero-order valence-corrected chi connectivity index (χ0v) is 14.9. The summed E-state index contributed by atoms with van der Waals surface area (Å²) in [6, 6.07) is 9.79. The Bertz CT molecular complexity index is 841. The van der Waals surface area contributed by atoms with Gasteiger partial charge in [-0.1, -0.05) is 41.9 Å². The van der Waals surface area contributed by atoms with E-state index in [0.717, 1.165) is 0 Å². The van der Waals surface area contributed by atoms with E-state index in [1.807, 2.05) is 0 Å². The molecule has 1 heterocycles. The Kier molecular flexibility index (Phi) is 6.03. The summed E-state index contributed by atoms with van der Waals surface area (Å²) in [6.45, 7) is 1.50. The van der Waals surface area contributed by atoms with E-state index in [1.54, 1.807) is 30.3 Å². The second kappa shape index (κ2) is 8.45. The predicted molar refractivity (Wildman–Crippen MR) is 93.4 cm³/mol. The molecule has 3 rings (SSSR count). The molecule has 1 aliphatic rings. The molecular formula is C19H16ClF2NO4. The van der Waals surface area contributed by atoms with Crippen LogP contribution in [0.1, 0.15) is 22.0 Å². The largest absolute Gasteiger partial charge is 0.444 e. The lowest BCUT2D eigenvalue weighted by atomic mass is 10.1. The van der Waals surface area contributed by atoms with Crippen LogP contribution in [0.5, 0.6) is 0 Å². The molecule has 0 N–H and O–H groups in total. The second-order valence-corrected chi connectivity index (χ2v) is 6.29. The van der Waals surface area contributed by atoms with Gasteiger partial charge in [-0.2, -0.15) is 0 Å². The van der Waals surface area contributed by atoms with Crippen molar-refractivity contribution in [1.29, 1.82) is 0 Å². The van der Waals surface area contributed by atoms with Gasteiger partial charge in [-0.05, 0) is 12.1 Å². The van der Waals surface area contributed by atoms with Crippen molar-refractivity contribution in [2.45, 2.75) is 6.10 Å². The van der Waals surface area contributed by atoms with Gasteiger partial charge < -0.3 is 14.4 Å². The van der Waals surface area contributed by atoms with Gasteiger partial charge >= 0.3 is 5.97 Å². The Balaban J connectivity index is 1.88. The molecule has 1 atom stereocenters. The van der Waals surface area contributed by atoms with Crippen molar-refractivity contribution >= 4 is 23.5 Å². The van der Waals surface area contributed by atoms with Crippen molar-refractivity contribution < 1.29 is 27.8 Å². The summed E-state index contributed by atoms with van der Waals surface area (Å²) in [5.74, 6) is -3.85. The predicted octanol–water partition coefficient (Wildman–Crippen LogP) is 3.38. The number of hydrogen-bond donors (Lipinski definition) is 0. The molecule has 5 nitrogen and oxygen atoms in total. The summed E-state index contributed by atoms with van der Waals surface area (Å²) in [5.41, 5.74) is 0.104. The summed E-state index contributed by atoms with van der Waals surface area (Å²) in [6.07, 6.45) is -1.24. The molecular weight excluding hydrogens is 380 g/mol. The number of morpholine rings is 1. The van der Waals surface area contributed by atoms with Crippen LogP contribution < -0.4 is 0 Å². The molecule has 142 valence electrons. The second-order valence-electron chi connectivity index (χ2n) is 5.88. The molecule has 1 aliphatic heterocycles. The first-order valence-corrected chi connectivity index (χ1v) is 8.62. The number of halogens is 3. The van der Waals surface area contributed by atoms with Crippen molar-refractivity contribution in [1.82, 2.24) is 4.90 Å². The van der Waals surface area contributed by atoms with Crippen LogP contribution in [0.2, 0.25) is 5.02 Å². The third kappa shape index (κ3) is 4.43. The van der Waals surface area contributed by atoms with E-state index >= 15 is 0 Å². The highest BCUT2D eigenvalue weighted by Crippen LogP contribution is 2.26. The Morgan fingerprint density at radius 2 is 1.70 bits per heavy atom. The van der Waals surface area contributed by atoms with Crippen LogP contribution in [0, 0.1) is 11.6 Å². The number of carbonyl (C=O) groups is 2. The molecule has 1 fully saturated rings. The Morgan fingerprint density at radius 1 is 1.07 bits per heavy atom. The smallest absolute Gasteiger partial charge is 0.340 e. The van der Waals surface area contributed by atoms with E-state index in [2.05, 4.69) is 0 Å². The first-order chi connectivity index (χ1) is 13.0. The monoisotopic (exact) mass is 395 g/mol. The number of amides is 1. The SMILES string of the molecule is O=C(O[C@H](C(=O)N1CCOCC1)c1ccccc1)c1cc(F)c(F)cc1Cl. The van der Waals surface area contributed by atoms with E-state index in [-0.39, 0.29) is 10.6 Å². The molecule has 0 radical (unpaired) electrons. The quantitative estimate of drug-likeness (QED) is 0.588. The number of benzene rings is 2. The van der Waals surface area contributed by atoms with Crippen LogP contribution in [-0.2, 0) is 14.3 Å². The molecule has 1 amide bonds. The van der Waals surface area contributed by atoms with Crippen LogP contribution in [0.15, 0.2) is 42.5 Å². The van der Waals surface area contributed by atoms with Crippen LogP contribution in [0.25, 0.3) is 0 Å². The van der Waals surface area contributed by atoms with Crippen LogP contribution in [0.3, 0.4) is 0 Å². The maximum Gasteiger partial charge on any atom is 0.340 e. The van der Waals surface area contributed by atoms with Crippen molar-refractivity contribution in [2.75, 3.05) is 26.3 Å². The average molecular weight is 396 g/mol. The van der Waals surface area contributed by atoms with Gasteiger partial charge in [-0.3, -0.25) is 4.79 Å². The number of hydrogen-bond acceptors (Lipinski definition) is 4. The van der Waals surface area contributed by atoms with Crippen molar-refractivity contribution in [2.24, 2.45) is 0 Å². The molecule has 0 aliphatic carbocycles. The van der Waals surface area contributed by atoms with E-state index in [4.69, 9.17) is 21.1 Å². The van der Waals surface area contributed by atoms with Gasteiger partial charge in [0.05, 0.1) is 23.8 Å². The van der Waals surface area contributed by atoms with Gasteiger partial charge in [-0.15, -0.1) is 0 Å². The highest BCUT2D eigenvalue weighted by Gasteiger charge is 2.31. The van der Waals surface area contributed by atoms with Crippen molar-refractivity contribution in [3.63, 3.8) is 0 Å². The Hall–Kier alpha value is -2.51. The highest BCUT2D eigenvalue weighted by molar-refractivity contribution is 6.33. The normalized spacial score (nSPS) is 15.3. The average Bonchev–Trinajstić information content (AvgIpc) is 2.69. The van der Waals surface area contributed by atoms with Gasteiger partial charge in [0.15, 0.2) is 11.6 Å². The zero-order chi connectivity index (χ0) is 19.4. The fraction of sp³-hybridized carbons (Fsp3) is 0.263. The third-order valence-electron chi connectivity index (χ3n) is 4.10. The lowest BCUT2D eigenvalue weighted by Gasteiger charge is -2.30. The molecule has 2 aromatic carbocycles. The number of esters is 1. The fourth-order valence-corrected chi connectivity index (χ4v) is 2.92. The number of ether oxygens (including phenoxy) is 2. The maximum absolute atomic E-state index is 13.5. The Morgan fingerprint density at radius 3 is 2.37 bits per heavy atom. The minimum Gasteiger partial charge on any atom is -0.444 e. The standard InChI is InChI=1S/C19H16ClF2NO4/c20-14-11-16(22)15(21)10-13(14)19(25)27-17(12-4-2-1-3-5-12)18(24)23-6-8-26-9-7-23/h1-5,10-11,17H,6-9H2/t17-/m0/s1. The van der Waals surface area contributed by atoms with Gasteiger partial charge in [-0.25, -0.2) is 13.6 Å². The minimum atomic E-state index is -1.24. The number of nitrogens with zero attached hydrogens (tertiary/aromatic N) is 1. The number of rotatable bonds is 4. The van der Waals surface area contributed by atoms with Gasteiger partial charge in [0.25, 0.3) is 5.91 Å². The number of carbonyl (C=O) groups excluding carboxylic acids is 2. The van der Waals surface area contributed by atoms with E-state index in [9.17, 15) is 18.4 Å². The minimum absolute atomic E-state index is 0.301. The highest BCUT2D eigenvalue weighted by atomic mass is 35.5. The lowest BCUT2D eigenvalue weighted by Crippen LogP contribution is -2.44. The van der Waals surface area contributed by atoms with E-state index < -0.39 is 29.6 Å². The summed E-state index contributed by atoms with van der Waals surface area (Å²) in [5, 5.41) is -0.301. The summed E-state index contributed by atoms with van der Waals surface area (Å²) in [7, 11) is 0. The molecule has 1 saturated heterocycles. The van der Waals surface area contributed by atoms with Gasteiger partial charge in [0.2, 0.25) is 6.10 Å². The first kappa shape index (κ1) is 19.3. The third-order valence-corrected chi connectivity index (χ3v) is 4.42. The maximum atomic E-state index is 13.5. The van der Waals surface area contributed by atoms with E-state index in [1.165, 1.54) is 4.90 Å².